The van der Waals surface area contributed by atoms with Crippen molar-refractivity contribution in [2.24, 2.45) is 0 Å². The SMILES string of the molecule is O=C(OCc1ccccc1)C1COC(=O)N1C1CCN(C(=O)Cn2cnnn2)CC1. The minimum atomic E-state index is -0.769. The van der Waals surface area contributed by atoms with Gasteiger partial charge in [0.05, 0.1) is 0 Å². The molecule has 1 atom stereocenters. The van der Waals surface area contributed by atoms with E-state index in [-0.39, 0.29) is 31.7 Å². The lowest BCUT2D eigenvalue weighted by molar-refractivity contribution is -0.150. The number of hydrogen-bond donors (Lipinski definition) is 0. The van der Waals surface area contributed by atoms with E-state index in [1.807, 2.05) is 30.3 Å². The molecule has 2 fully saturated rings. The second kappa shape index (κ2) is 8.89. The summed E-state index contributed by atoms with van der Waals surface area (Å²) in [5.74, 6) is -0.578. The fourth-order valence-electron chi connectivity index (χ4n) is 3.73. The maximum absolute atomic E-state index is 12.6. The molecule has 0 aliphatic carbocycles. The molecule has 1 aromatic carbocycles. The molecular weight excluding hydrogens is 392 g/mol. The van der Waals surface area contributed by atoms with Crippen LogP contribution in [0.4, 0.5) is 4.79 Å². The van der Waals surface area contributed by atoms with Gasteiger partial charge in [0.2, 0.25) is 5.91 Å². The highest BCUT2D eigenvalue weighted by atomic mass is 16.6. The molecule has 1 aromatic heterocycles. The quantitative estimate of drug-likeness (QED) is 0.616. The van der Waals surface area contributed by atoms with Gasteiger partial charge in [0.25, 0.3) is 0 Å². The van der Waals surface area contributed by atoms with Crippen LogP contribution in [0.2, 0.25) is 0 Å². The largest absolute Gasteiger partial charge is 0.459 e. The summed E-state index contributed by atoms with van der Waals surface area (Å²) >= 11 is 0. The first-order chi connectivity index (χ1) is 14.6. The molecule has 30 heavy (non-hydrogen) atoms. The van der Waals surface area contributed by atoms with Crippen molar-refractivity contribution in [2.45, 2.75) is 38.1 Å². The van der Waals surface area contributed by atoms with Crippen LogP contribution in [0.5, 0.6) is 0 Å². The molecule has 2 aliphatic rings. The molecular formula is C19H22N6O5. The number of carbonyl (C=O) groups excluding carboxylic acids is 3. The summed E-state index contributed by atoms with van der Waals surface area (Å²) in [6, 6.07) is 8.39. The summed E-state index contributed by atoms with van der Waals surface area (Å²) in [4.78, 5) is 40.4. The third kappa shape index (κ3) is 4.39. The van der Waals surface area contributed by atoms with Crippen molar-refractivity contribution in [3.8, 4) is 0 Å². The van der Waals surface area contributed by atoms with Crippen LogP contribution < -0.4 is 0 Å². The predicted molar refractivity (Wildman–Crippen MR) is 101 cm³/mol. The lowest BCUT2D eigenvalue weighted by atomic mass is 10.0. The highest BCUT2D eigenvalue weighted by Gasteiger charge is 2.44. The third-order valence-corrected chi connectivity index (χ3v) is 5.31. The number of rotatable bonds is 6. The van der Waals surface area contributed by atoms with Crippen molar-refractivity contribution >= 4 is 18.0 Å². The number of nitrogens with zero attached hydrogens (tertiary/aromatic N) is 6. The maximum atomic E-state index is 12.6. The molecule has 0 bridgehead atoms. The number of cyclic esters (lactones) is 1. The van der Waals surface area contributed by atoms with E-state index in [2.05, 4.69) is 15.5 Å². The number of tetrazole rings is 1. The van der Waals surface area contributed by atoms with E-state index in [1.165, 1.54) is 15.9 Å². The van der Waals surface area contributed by atoms with Gasteiger partial charge in [-0.25, -0.2) is 14.3 Å². The zero-order chi connectivity index (χ0) is 20.9. The Labute approximate surface area is 172 Å². The molecule has 2 aromatic rings. The van der Waals surface area contributed by atoms with E-state index in [4.69, 9.17) is 9.47 Å². The van der Waals surface area contributed by atoms with Gasteiger partial charge in [-0.2, -0.15) is 0 Å². The van der Waals surface area contributed by atoms with Crippen molar-refractivity contribution in [3.05, 3.63) is 42.2 Å². The number of esters is 1. The second-order valence-corrected chi connectivity index (χ2v) is 7.21. The first-order valence-corrected chi connectivity index (χ1v) is 9.76. The second-order valence-electron chi connectivity index (χ2n) is 7.21. The Morgan fingerprint density at radius 3 is 2.63 bits per heavy atom. The number of aromatic nitrogens is 4. The molecule has 2 saturated heterocycles. The molecule has 1 unspecified atom stereocenters. The molecule has 4 rings (SSSR count). The summed E-state index contributed by atoms with van der Waals surface area (Å²) in [5.41, 5.74) is 0.872. The van der Waals surface area contributed by atoms with Crippen molar-refractivity contribution in [2.75, 3.05) is 19.7 Å². The van der Waals surface area contributed by atoms with Crippen LogP contribution >= 0.6 is 0 Å². The average Bonchev–Trinajstić information content (AvgIpc) is 3.42. The summed E-state index contributed by atoms with van der Waals surface area (Å²) in [6.45, 7) is 1.13. The Morgan fingerprint density at radius 1 is 1.17 bits per heavy atom. The van der Waals surface area contributed by atoms with Crippen LogP contribution in [-0.2, 0) is 32.2 Å². The Balaban J connectivity index is 1.31. The van der Waals surface area contributed by atoms with Crippen LogP contribution in [-0.4, -0.2) is 79.8 Å². The average molecular weight is 414 g/mol. The topological polar surface area (TPSA) is 120 Å². The van der Waals surface area contributed by atoms with Gasteiger partial charge in [-0.15, -0.1) is 5.10 Å². The van der Waals surface area contributed by atoms with Crippen LogP contribution in [0, 0.1) is 0 Å². The monoisotopic (exact) mass is 414 g/mol. The molecule has 0 spiro atoms. The normalized spacial score (nSPS) is 19.6. The van der Waals surface area contributed by atoms with E-state index in [9.17, 15) is 14.4 Å². The van der Waals surface area contributed by atoms with Crippen molar-refractivity contribution in [3.63, 3.8) is 0 Å². The number of piperidine rings is 1. The number of likely N-dealkylation sites (tertiary alicyclic amines) is 1. The molecule has 158 valence electrons. The number of ether oxygens (including phenoxy) is 2. The number of amides is 2. The first-order valence-electron chi connectivity index (χ1n) is 9.76. The van der Waals surface area contributed by atoms with Gasteiger partial charge in [-0.05, 0) is 28.8 Å². The van der Waals surface area contributed by atoms with E-state index in [0.717, 1.165) is 5.56 Å². The molecule has 11 nitrogen and oxygen atoms in total. The molecule has 3 heterocycles. The smallest absolute Gasteiger partial charge is 0.410 e. The highest BCUT2D eigenvalue weighted by molar-refractivity contribution is 5.84. The van der Waals surface area contributed by atoms with Crippen molar-refractivity contribution < 1.29 is 23.9 Å². The van der Waals surface area contributed by atoms with Gasteiger partial charge < -0.3 is 14.4 Å². The van der Waals surface area contributed by atoms with Gasteiger partial charge >= 0.3 is 12.1 Å². The lowest BCUT2D eigenvalue weighted by Crippen LogP contribution is -2.52. The Hall–Kier alpha value is -3.50. The van der Waals surface area contributed by atoms with Gasteiger partial charge in [0.1, 0.15) is 26.1 Å². The molecule has 2 amide bonds. The fourth-order valence-corrected chi connectivity index (χ4v) is 3.73. The fraction of sp³-hybridized carbons (Fsp3) is 0.474. The Kier molecular flexibility index (Phi) is 5.87. The number of carbonyl (C=O) groups is 3. The molecule has 0 radical (unpaired) electrons. The minimum Gasteiger partial charge on any atom is -0.459 e. The van der Waals surface area contributed by atoms with Crippen LogP contribution in [0.15, 0.2) is 36.7 Å². The van der Waals surface area contributed by atoms with Gasteiger partial charge in [-0.1, -0.05) is 30.3 Å². The summed E-state index contributed by atoms with van der Waals surface area (Å²) < 4.78 is 11.9. The zero-order valence-corrected chi connectivity index (χ0v) is 16.3. The zero-order valence-electron chi connectivity index (χ0n) is 16.3. The van der Waals surface area contributed by atoms with Crippen LogP contribution in [0.1, 0.15) is 18.4 Å². The Morgan fingerprint density at radius 2 is 1.93 bits per heavy atom. The molecule has 0 saturated carbocycles. The first kappa shape index (κ1) is 19.8. The van der Waals surface area contributed by atoms with Crippen LogP contribution in [0.3, 0.4) is 0 Å². The summed E-state index contributed by atoms with van der Waals surface area (Å²) in [5, 5.41) is 10.7. The van der Waals surface area contributed by atoms with Gasteiger partial charge in [-0.3, -0.25) is 9.69 Å². The van der Waals surface area contributed by atoms with E-state index in [1.54, 1.807) is 4.90 Å². The highest BCUT2D eigenvalue weighted by Crippen LogP contribution is 2.25. The number of hydrogen-bond acceptors (Lipinski definition) is 8. The maximum Gasteiger partial charge on any atom is 0.410 e. The summed E-state index contributed by atoms with van der Waals surface area (Å²) in [7, 11) is 0. The summed E-state index contributed by atoms with van der Waals surface area (Å²) in [6.07, 6.45) is 1.98. The minimum absolute atomic E-state index is 0.0229. The van der Waals surface area contributed by atoms with Gasteiger partial charge in [0, 0.05) is 19.1 Å². The van der Waals surface area contributed by atoms with Crippen molar-refractivity contribution in [1.29, 1.82) is 0 Å². The van der Waals surface area contributed by atoms with Crippen LogP contribution in [0.25, 0.3) is 0 Å². The van der Waals surface area contributed by atoms with E-state index in [0.29, 0.717) is 25.9 Å². The lowest BCUT2D eigenvalue weighted by Gasteiger charge is -2.37. The standard InChI is InChI=1S/C19H22N6O5/c26-17(10-24-13-20-21-22-24)23-8-6-15(7-9-23)25-16(12-30-19(25)28)18(27)29-11-14-4-2-1-3-5-14/h1-5,13,15-16H,6-12H2. The van der Waals surface area contributed by atoms with E-state index >= 15 is 0 Å². The van der Waals surface area contributed by atoms with E-state index < -0.39 is 18.1 Å². The molecule has 11 heteroatoms. The number of benzene rings is 1. The van der Waals surface area contributed by atoms with Crippen molar-refractivity contribution in [1.82, 2.24) is 30.0 Å². The molecule has 2 aliphatic heterocycles. The Bertz CT molecular complexity index is 882. The third-order valence-electron chi connectivity index (χ3n) is 5.31. The molecule has 0 N–H and O–H groups in total. The predicted octanol–water partition coefficient (Wildman–Crippen LogP) is 0.228. The van der Waals surface area contributed by atoms with Gasteiger partial charge in [0.15, 0.2) is 6.04 Å².